The van der Waals surface area contributed by atoms with Crippen molar-refractivity contribution < 1.29 is 4.79 Å². The van der Waals surface area contributed by atoms with Crippen LogP contribution < -0.4 is 9.80 Å². The second-order valence-electron chi connectivity index (χ2n) is 8.34. The molecule has 5 heterocycles. The molecule has 1 amide bonds. The van der Waals surface area contributed by atoms with Crippen molar-refractivity contribution >= 4 is 28.9 Å². The molecular weight excluding hydrogens is 424 g/mol. The van der Waals surface area contributed by atoms with Crippen LogP contribution in [0.1, 0.15) is 10.5 Å². The summed E-state index contributed by atoms with van der Waals surface area (Å²) in [6.45, 7) is 6.84. The molecule has 2 aliphatic heterocycles. The molecule has 2 aliphatic rings. The van der Waals surface area contributed by atoms with Gasteiger partial charge in [-0.1, -0.05) is 6.07 Å². The Morgan fingerprint density at radius 1 is 0.875 bits per heavy atom. The molecule has 0 spiro atoms. The van der Waals surface area contributed by atoms with Gasteiger partial charge in [0.25, 0.3) is 5.91 Å². The monoisotopic (exact) mass is 452 g/mol. The topological polar surface area (TPSA) is 73.6 Å². The Kier molecular flexibility index (Phi) is 5.79. The van der Waals surface area contributed by atoms with Crippen LogP contribution in [0.15, 0.2) is 35.7 Å². The fraction of sp³-hybridized carbons (Fsp3) is 0.455. The van der Waals surface area contributed by atoms with E-state index in [-0.39, 0.29) is 5.91 Å². The summed E-state index contributed by atoms with van der Waals surface area (Å²) in [4.78, 5) is 22.9. The average molecular weight is 453 g/mol. The maximum Gasteiger partial charge on any atom is 0.272 e. The Bertz CT molecular complexity index is 1050. The minimum absolute atomic E-state index is 0.0268. The number of rotatable bonds is 4. The molecule has 32 heavy (non-hydrogen) atoms. The average Bonchev–Trinajstić information content (AvgIpc) is 3.49. The Balaban J connectivity index is 1.19. The maximum absolute atomic E-state index is 13.1. The molecule has 168 valence electrons. The number of nitrogens with zero attached hydrogens (tertiary/aromatic N) is 8. The number of piperazine rings is 2. The molecule has 0 radical (unpaired) electrons. The molecular formula is C22H28N8OS. The van der Waals surface area contributed by atoms with Gasteiger partial charge >= 0.3 is 0 Å². The van der Waals surface area contributed by atoms with E-state index >= 15 is 0 Å². The third kappa shape index (κ3) is 4.20. The summed E-state index contributed by atoms with van der Waals surface area (Å²) < 4.78 is 1.69. The Labute approximate surface area is 191 Å². The van der Waals surface area contributed by atoms with Crippen molar-refractivity contribution in [1.82, 2.24) is 29.8 Å². The standard InChI is InChI=1S/C22H28N8OS/c1-26-7-9-28(10-8-26)20-5-6-21(24-23-20)29-11-13-30(14-12-29)22(31)18-16-17(25-27(18)2)19-4-3-15-32-19/h3-6,15-16H,7-14H2,1-2H3. The van der Waals surface area contributed by atoms with Crippen molar-refractivity contribution in [3.05, 3.63) is 41.4 Å². The van der Waals surface area contributed by atoms with Crippen LogP contribution >= 0.6 is 11.3 Å². The zero-order valence-corrected chi connectivity index (χ0v) is 19.3. The van der Waals surface area contributed by atoms with Crippen molar-refractivity contribution in [3.8, 4) is 10.6 Å². The van der Waals surface area contributed by atoms with Gasteiger partial charge in [-0.2, -0.15) is 5.10 Å². The van der Waals surface area contributed by atoms with Crippen LogP contribution in [-0.4, -0.2) is 95.1 Å². The summed E-state index contributed by atoms with van der Waals surface area (Å²) in [5.74, 6) is 1.84. The minimum Gasteiger partial charge on any atom is -0.353 e. The van der Waals surface area contributed by atoms with Gasteiger partial charge in [0.05, 0.1) is 4.88 Å². The zero-order chi connectivity index (χ0) is 22.1. The van der Waals surface area contributed by atoms with E-state index in [1.54, 1.807) is 16.0 Å². The van der Waals surface area contributed by atoms with Crippen molar-refractivity contribution in [2.75, 3.05) is 69.2 Å². The number of hydrogen-bond donors (Lipinski definition) is 0. The first-order chi connectivity index (χ1) is 15.6. The van der Waals surface area contributed by atoms with E-state index in [0.29, 0.717) is 18.8 Å². The molecule has 2 saturated heterocycles. The van der Waals surface area contributed by atoms with E-state index < -0.39 is 0 Å². The smallest absolute Gasteiger partial charge is 0.272 e. The van der Waals surface area contributed by atoms with Gasteiger partial charge in [-0.25, -0.2) is 0 Å². The molecule has 0 aromatic carbocycles. The van der Waals surface area contributed by atoms with E-state index in [9.17, 15) is 4.79 Å². The fourth-order valence-electron chi connectivity index (χ4n) is 4.20. The lowest BCUT2D eigenvalue weighted by atomic mass is 10.2. The molecule has 5 rings (SSSR count). The van der Waals surface area contributed by atoms with E-state index in [1.165, 1.54) is 0 Å². The molecule has 0 aliphatic carbocycles. The number of amides is 1. The van der Waals surface area contributed by atoms with Gasteiger partial charge in [0.1, 0.15) is 11.4 Å². The lowest BCUT2D eigenvalue weighted by Crippen LogP contribution is -2.49. The molecule has 0 unspecified atom stereocenters. The molecule has 9 nitrogen and oxygen atoms in total. The number of hydrogen-bond acceptors (Lipinski definition) is 8. The second-order valence-corrected chi connectivity index (χ2v) is 9.28. The Morgan fingerprint density at radius 3 is 2.06 bits per heavy atom. The van der Waals surface area contributed by atoms with Gasteiger partial charge in [-0.15, -0.1) is 21.5 Å². The van der Waals surface area contributed by atoms with Crippen molar-refractivity contribution in [1.29, 1.82) is 0 Å². The van der Waals surface area contributed by atoms with Crippen molar-refractivity contribution in [2.24, 2.45) is 7.05 Å². The first-order valence-corrected chi connectivity index (χ1v) is 11.9. The largest absolute Gasteiger partial charge is 0.353 e. The number of aromatic nitrogens is 4. The van der Waals surface area contributed by atoms with Gasteiger partial charge in [-0.05, 0) is 36.7 Å². The molecule has 0 bridgehead atoms. The summed E-state index contributed by atoms with van der Waals surface area (Å²) in [6.07, 6.45) is 0. The van der Waals surface area contributed by atoms with E-state index in [0.717, 1.165) is 61.5 Å². The molecule has 2 fully saturated rings. The first-order valence-electron chi connectivity index (χ1n) is 11.0. The third-order valence-corrected chi connectivity index (χ3v) is 7.12. The number of likely N-dealkylation sites (N-methyl/N-ethyl adjacent to an activating group) is 1. The van der Waals surface area contributed by atoms with Gasteiger partial charge in [0, 0.05) is 59.4 Å². The highest BCUT2D eigenvalue weighted by Crippen LogP contribution is 2.25. The Hall–Kier alpha value is -2.98. The number of carbonyl (C=O) groups excluding carboxylic acids is 1. The number of aryl methyl sites for hydroxylation is 1. The van der Waals surface area contributed by atoms with Gasteiger partial charge in [0.2, 0.25) is 0 Å². The van der Waals surface area contributed by atoms with Gasteiger partial charge in [-0.3, -0.25) is 9.48 Å². The third-order valence-electron chi connectivity index (χ3n) is 6.23. The predicted molar refractivity (Wildman–Crippen MR) is 126 cm³/mol. The van der Waals surface area contributed by atoms with Crippen LogP contribution in [0, 0.1) is 0 Å². The van der Waals surface area contributed by atoms with Gasteiger partial charge in [0.15, 0.2) is 11.6 Å². The molecule has 0 saturated carbocycles. The Morgan fingerprint density at radius 2 is 1.50 bits per heavy atom. The van der Waals surface area contributed by atoms with Crippen LogP contribution in [0.25, 0.3) is 10.6 Å². The quantitative estimate of drug-likeness (QED) is 0.596. The molecule has 3 aromatic heterocycles. The summed E-state index contributed by atoms with van der Waals surface area (Å²) >= 11 is 1.63. The van der Waals surface area contributed by atoms with Crippen LogP contribution in [0.2, 0.25) is 0 Å². The van der Waals surface area contributed by atoms with Crippen LogP contribution in [0.4, 0.5) is 11.6 Å². The SMILES string of the molecule is CN1CCN(c2ccc(N3CCN(C(=O)c4cc(-c5cccs5)nn4C)CC3)nn2)CC1. The van der Waals surface area contributed by atoms with E-state index in [2.05, 4.69) is 43.1 Å². The van der Waals surface area contributed by atoms with Crippen LogP contribution in [0.5, 0.6) is 0 Å². The molecule has 0 atom stereocenters. The molecule has 0 N–H and O–H groups in total. The second kappa shape index (κ2) is 8.87. The highest BCUT2D eigenvalue weighted by atomic mass is 32.1. The lowest BCUT2D eigenvalue weighted by molar-refractivity contribution is 0.0735. The summed E-state index contributed by atoms with van der Waals surface area (Å²) in [5.41, 5.74) is 1.47. The lowest BCUT2D eigenvalue weighted by Gasteiger charge is -2.35. The maximum atomic E-state index is 13.1. The summed E-state index contributed by atoms with van der Waals surface area (Å²) in [6, 6.07) is 10.0. The number of anilines is 2. The van der Waals surface area contributed by atoms with Gasteiger partial charge < -0.3 is 19.6 Å². The zero-order valence-electron chi connectivity index (χ0n) is 18.5. The summed E-state index contributed by atoms with van der Waals surface area (Å²) in [7, 11) is 3.98. The molecule has 10 heteroatoms. The highest BCUT2D eigenvalue weighted by Gasteiger charge is 2.26. The van der Waals surface area contributed by atoms with Crippen LogP contribution in [0.3, 0.4) is 0 Å². The predicted octanol–water partition coefficient (Wildman–Crippen LogP) is 1.65. The van der Waals surface area contributed by atoms with E-state index in [1.807, 2.05) is 41.6 Å². The first kappa shape index (κ1) is 20.9. The van der Waals surface area contributed by atoms with Crippen molar-refractivity contribution in [3.63, 3.8) is 0 Å². The minimum atomic E-state index is 0.0268. The number of thiophene rings is 1. The normalized spacial score (nSPS) is 17.8. The fourth-order valence-corrected chi connectivity index (χ4v) is 4.89. The molecule has 3 aromatic rings. The van der Waals surface area contributed by atoms with Crippen LogP contribution in [-0.2, 0) is 7.05 Å². The number of carbonyl (C=O) groups is 1. The van der Waals surface area contributed by atoms with Crippen molar-refractivity contribution in [2.45, 2.75) is 0 Å². The highest BCUT2D eigenvalue weighted by molar-refractivity contribution is 7.13. The summed E-state index contributed by atoms with van der Waals surface area (Å²) in [5, 5.41) is 15.5. The van der Waals surface area contributed by atoms with E-state index in [4.69, 9.17) is 0 Å².